The van der Waals surface area contributed by atoms with Gasteiger partial charge in [-0.05, 0) is 37.3 Å². The summed E-state index contributed by atoms with van der Waals surface area (Å²) >= 11 is 1.43. The van der Waals surface area contributed by atoms with E-state index in [0.29, 0.717) is 0 Å². The lowest BCUT2D eigenvalue weighted by molar-refractivity contribution is 0.0950. The number of carbonyl (C=O) groups excluding carboxylic acids is 1. The SMILES string of the molecule is Cc1csc(CNC(=O)c2cccc(S(=O)(=O)Nc3ccccc3F)c2)n1. The largest absolute Gasteiger partial charge is 0.346 e. The summed E-state index contributed by atoms with van der Waals surface area (Å²) in [6, 6.07) is 11.0. The Hall–Kier alpha value is -2.78. The molecule has 1 heterocycles. The van der Waals surface area contributed by atoms with Gasteiger partial charge in [0.25, 0.3) is 15.9 Å². The van der Waals surface area contributed by atoms with Gasteiger partial charge in [-0.25, -0.2) is 17.8 Å². The molecule has 9 heteroatoms. The van der Waals surface area contributed by atoms with Crippen molar-refractivity contribution in [2.24, 2.45) is 0 Å². The molecule has 0 bridgehead atoms. The highest BCUT2D eigenvalue weighted by molar-refractivity contribution is 7.92. The molecule has 0 atom stereocenters. The highest BCUT2D eigenvalue weighted by Crippen LogP contribution is 2.19. The Balaban J connectivity index is 1.76. The molecule has 0 aliphatic heterocycles. The summed E-state index contributed by atoms with van der Waals surface area (Å²) in [5.74, 6) is -1.11. The quantitative estimate of drug-likeness (QED) is 0.659. The molecule has 0 fully saturated rings. The molecular formula is C18H16FN3O3S2. The number of para-hydroxylation sites is 1. The second-order valence-corrected chi connectivity index (χ2v) is 8.30. The van der Waals surface area contributed by atoms with Gasteiger partial charge in [0.05, 0.1) is 17.1 Å². The standard InChI is InChI=1S/C18H16FN3O3S2/c1-12-11-26-17(21-12)10-20-18(23)13-5-4-6-14(9-13)27(24,25)22-16-8-3-2-7-15(16)19/h2-9,11,22H,10H2,1H3,(H,20,23). The molecule has 0 spiro atoms. The van der Waals surface area contributed by atoms with E-state index in [-0.39, 0.29) is 22.7 Å². The molecule has 0 radical (unpaired) electrons. The highest BCUT2D eigenvalue weighted by Gasteiger charge is 2.18. The van der Waals surface area contributed by atoms with Crippen LogP contribution in [-0.4, -0.2) is 19.3 Å². The van der Waals surface area contributed by atoms with Crippen LogP contribution in [-0.2, 0) is 16.6 Å². The van der Waals surface area contributed by atoms with Gasteiger partial charge in [0.2, 0.25) is 0 Å². The number of amides is 1. The van der Waals surface area contributed by atoms with Crippen molar-refractivity contribution in [3.8, 4) is 0 Å². The van der Waals surface area contributed by atoms with Crippen LogP contribution in [0.1, 0.15) is 21.1 Å². The molecule has 0 saturated heterocycles. The molecule has 0 unspecified atom stereocenters. The van der Waals surface area contributed by atoms with Crippen molar-refractivity contribution in [1.29, 1.82) is 0 Å². The fourth-order valence-electron chi connectivity index (χ4n) is 2.29. The van der Waals surface area contributed by atoms with Crippen molar-refractivity contribution in [3.05, 3.63) is 76.0 Å². The van der Waals surface area contributed by atoms with Crippen molar-refractivity contribution >= 4 is 33.0 Å². The second kappa shape index (κ2) is 7.85. The molecule has 2 aromatic carbocycles. The van der Waals surface area contributed by atoms with Crippen LogP contribution in [0.4, 0.5) is 10.1 Å². The Morgan fingerprint density at radius 1 is 1.19 bits per heavy atom. The number of aromatic nitrogens is 1. The lowest BCUT2D eigenvalue weighted by Gasteiger charge is -2.10. The number of anilines is 1. The highest BCUT2D eigenvalue weighted by atomic mass is 32.2. The Kier molecular flexibility index (Phi) is 5.52. The van der Waals surface area contributed by atoms with Gasteiger partial charge in [-0.1, -0.05) is 18.2 Å². The summed E-state index contributed by atoms with van der Waals surface area (Å²) in [6.45, 7) is 2.11. The van der Waals surface area contributed by atoms with Crippen LogP contribution in [0.5, 0.6) is 0 Å². The van der Waals surface area contributed by atoms with Crippen LogP contribution in [0.15, 0.2) is 58.8 Å². The van der Waals surface area contributed by atoms with E-state index in [9.17, 15) is 17.6 Å². The van der Waals surface area contributed by atoms with Crippen molar-refractivity contribution in [1.82, 2.24) is 10.3 Å². The first-order valence-electron chi connectivity index (χ1n) is 7.92. The van der Waals surface area contributed by atoms with Crippen LogP contribution in [0, 0.1) is 12.7 Å². The lowest BCUT2D eigenvalue weighted by Crippen LogP contribution is -2.23. The number of benzene rings is 2. The van der Waals surface area contributed by atoms with Gasteiger partial charge in [-0.3, -0.25) is 9.52 Å². The second-order valence-electron chi connectivity index (χ2n) is 5.68. The van der Waals surface area contributed by atoms with E-state index < -0.39 is 21.7 Å². The predicted octanol–water partition coefficient (Wildman–Crippen LogP) is 3.32. The average Bonchev–Trinajstić information content (AvgIpc) is 3.07. The monoisotopic (exact) mass is 405 g/mol. The average molecular weight is 405 g/mol. The number of nitrogens with zero attached hydrogens (tertiary/aromatic N) is 1. The van der Waals surface area contributed by atoms with Gasteiger partial charge in [-0.15, -0.1) is 11.3 Å². The number of hydrogen-bond donors (Lipinski definition) is 2. The molecule has 1 amide bonds. The number of nitrogens with one attached hydrogen (secondary N) is 2. The van der Waals surface area contributed by atoms with Gasteiger partial charge in [0.15, 0.2) is 0 Å². The van der Waals surface area contributed by atoms with Gasteiger partial charge in [-0.2, -0.15) is 0 Å². The van der Waals surface area contributed by atoms with Crippen LogP contribution < -0.4 is 10.0 Å². The van der Waals surface area contributed by atoms with Crippen LogP contribution in [0.3, 0.4) is 0 Å². The summed E-state index contributed by atoms with van der Waals surface area (Å²) in [6.07, 6.45) is 0. The third kappa shape index (κ3) is 4.69. The van der Waals surface area contributed by atoms with Crippen molar-refractivity contribution in [2.75, 3.05) is 4.72 Å². The molecular weight excluding hydrogens is 389 g/mol. The lowest BCUT2D eigenvalue weighted by atomic mass is 10.2. The molecule has 3 rings (SSSR count). The molecule has 6 nitrogen and oxygen atoms in total. The predicted molar refractivity (Wildman–Crippen MR) is 102 cm³/mol. The zero-order chi connectivity index (χ0) is 19.4. The molecule has 27 heavy (non-hydrogen) atoms. The third-order valence-corrected chi connectivity index (χ3v) is 5.92. The normalized spacial score (nSPS) is 11.2. The Bertz CT molecular complexity index is 1080. The minimum Gasteiger partial charge on any atom is -0.346 e. The smallest absolute Gasteiger partial charge is 0.262 e. The zero-order valence-electron chi connectivity index (χ0n) is 14.3. The fraction of sp³-hybridized carbons (Fsp3) is 0.111. The van der Waals surface area contributed by atoms with E-state index in [0.717, 1.165) is 16.8 Å². The Labute approximate surface area is 160 Å². The zero-order valence-corrected chi connectivity index (χ0v) is 15.9. The first-order valence-corrected chi connectivity index (χ1v) is 10.3. The number of hydrogen-bond acceptors (Lipinski definition) is 5. The van der Waals surface area contributed by atoms with E-state index in [2.05, 4.69) is 15.0 Å². The molecule has 0 aliphatic carbocycles. The summed E-state index contributed by atoms with van der Waals surface area (Å²) in [7, 11) is -4.04. The summed E-state index contributed by atoms with van der Waals surface area (Å²) in [5, 5.41) is 5.33. The topological polar surface area (TPSA) is 88.2 Å². The summed E-state index contributed by atoms with van der Waals surface area (Å²) < 4.78 is 40.9. The van der Waals surface area contributed by atoms with Gasteiger partial charge >= 0.3 is 0 Å². The maximum atomic E-state index is 13.7. The Morgan fingerprint density at radius 3 is 2.67 bits per heavy atom. The van der Waals surface area contributed by atoms with Gasteiger partial charge in [0.1, 0.15) is 10.8 Å². The first-order chi connectivity index (χ1) is 12.8. The maximum Gasteiger partial charge on any atom is 0.262 e. The van der Waals surface area contributed by atoms with Crippen molar-refractivity contribution in [2.45, 2.75) is 18.4 Å². The molecule has 2 N–H and O–H groups in total. The van der Waals surface area contributed by atoms with E-state index in [4.69, 9.17) is 0 Å². The molecule has 3 aromatic rings. The number of halogens is 1. The molecule has 0 saturated carbocycles. The minimum absolute atomic E-state index is 0.136. The summed E-state index contributed by atoms with van der Waals surface area (Å²) in [5.41, 5.74) is 0.891. The van der Waals surface area contributed by atoms with Gasteiger partial charge in [0, 0.05) is 16.6 Å². The van der Waals surface area contributed by atoms with E-state index in [1.807, 2.05) is 12.3 Å². The summed E-state index contributed by atoms with van der Waals surface area (Å²) in [4.78, 5) is 16.4. The Morgan fingerprint density at radius 2 is 1.96 bits per heavy atom. The van der Waals surface area contributed by atoms with Crippen molar-refractivity contribution < 1.29 is 17.6 Å². The van der Waals surface area contributed by atoms with E-state index in [1.165, 1.54) is 53.8 Å². The van der Waals surface area contributed by atoms with E-state index in [1.54, 1.807) is 0 Å². The number of rotatable bonds is 6. The molecule has 1 aromatic heterocycles. The minimum atomic E-state index is -4.04. The van der Waals surface area contributed by atoms with Crippen molar-refractivity contribution in [3.63, 3.8) is 0 Å². The van der Waals surface area contributed by atoms with Crippen LogP contribution in [0.2, 0.25) is 0 Å². The fourth-order valence-corrected chi connectivity index (χ4v) is 4.12. The maximum absolute atomic E-state index is 13.7. The number of carbonyl (C=O) groups is 1. The first kappa shape index (κ1) is 19.0. The van der Waals surface area contributed by atoms with Crippen LogP contribution in [0.25, 0.3) is 0 Å². The number of aryl methyl sites for hydroxylation is 1. The van der Waals surface area contributed by atoms with E-state index >= 15 is 0 Å². The third-order valence-electron chi connectivity index (χ3n) is 3.59. The van der Waals surface area contributed by atoms with Gasteiger partial charge < -0.3 is 5.32 Å². The number of sulfonamides is 1. The number of thiazole rings is 1. The van der Waals surface area contributed by atoms with Crippen LogP contribution >= 0.6 is 11.3 Å². The molecule has 0 aliphatic rings. The molecule has 140 valence electrons.